The molecule has 0 fully saturated rings. The molecule has 19 heavy (non-hydrogen) atoms. The molecule has 1 heterocycles. The average molecular weight is 268 g/mol. The summed E-state index contributed by atoms with van der Waals surface area (Å²) in [5.74, 6) is 4.60. The number of nitrogens with one attached hydrogen (secondary N) is 1. The van der Waals surface area contributed by atoms with Gasteiger partial charge in [0.25, 0.3) is 0 Å². The van der Waals surface area contributed by atoms with E-state index in [9.17, 15) is 8.78 Å². The maximum absolute atomic E-state index is 13.8. The Morgan fingerprint density at radius 3 is 2.68 bits per heavy atom. The number of aryl methyl sites for hydroxylation is 2. The van der Waals surface area contributed by atoms with Crippen LogP contribution in [-0.4, -0.2) is 20.2 Å². The van der Waals surface area contributed by atoms with Gasteiger partial charge in [-0.2, -0.15) is 4.80 Å². The fourth-order valence-corrected chi connectivity index (χ4v) is 1.79. The molecule has 0 aliphatic heterocycles. The number of rotatable bonds is 4. The molecule has 1 atom stereocenters. The van der Waals surface area contributed by atoms with Crippen molar-refractivity contribution in [2.75, 3.05) is 0 Å². The van der Waals surface area contributed by atoms with Crippen LogP contribution in [0, 0.1) is 18.6 Å². The number of aromatic nitrogens is 4. The highest BCUT2D eigenvalue weighted by atomic mass is 19.1. The molecular weight excluding hydrogens is 254 g/mol. The van der Waals surface area contributed by atoms with Crippen LogP contribution in [0.5, 0.6) is 0 Å². The molecule has 6 nitrogen and oxygen atoms in total. The Morgan fingerprint density at radius 2 is 2.11 bits per heavy atom. The van der Waals surface area contributed by atoms with E-state index in [0.717, 1.165) is 6.07 Å². The molecular formula is C11H14F2N6. The van der Waals surface area contributed by atoms with Crippen LogP contribution in [0.1, 0.15) is 23.0 Å². The molecule has 0 saturated carbocycles. The second-order valence-corrected chi connectivity index (χ2v) is 4.24. The van der Waals surface area contributed by atoms with Crippen LogP contribution >= 0.6 is 0 Å². The van der Waals surface area contributed by atoms with Gasteiger partial charge >= 0.3 is 0 Å². The van der Waals surface area contributed by atoms with Gasteiger partial charge in [0.15, 0.2) is 5.82 Å². The first kappa shape index (κ1) is 13.5. The first-order valence-corrected chi connectivity index (χ1v) is 5.65. The third-order valence-electron chi connectivity index (χ3n) is 2.79. The van der Waals surface area contributed by atoms with Crippen molar-refractivity contribution in [3.8, 4) is 0 Å². The van der Waals surface area contributed by atoms with E-state index in [0.29, 0.717) is 11.4 Å². The molecule has 0 aliphatic rings. The van der Waals surface area contributed by atoms with Crippen molar-refractivity contribution in [3.05, 3.63) is 40.7 Å². The van der Waals surface area contributed by atoms with Gasteiger partial charge in [-0.3, -0.25) is 11.3 Å². The van der Waals surface area contributed by atoms with Gasteiger partial charge < -0.3 is 0 Å². The molecule has 0 bridgehead atoms. The van der Waals surface area contributed by atoms with Crippen LogP contribution in [0.4, 0.5) is 8.78 Å². The number of hydrazine groups is 1. The van der Waals surface area contributed by atoms with Crippen molar-refractivity contribution >= 4 is 0 Å². The summed E-state index contributed by atoms with van der Waals surface area (Å²) in [5, 5.41) is 11.5. The van der Waals surface area contributed by atoms with Crippen LogP contribution in [0.25, 0.3) is 0 Å². The van der Waals surface area contributed by atoms with Crippen LogP contribution in [0.2, 0.25) is 0 Å². The Kier molecular flexibility index (Phi) is 3.82. The van der Waals surface area contributed by atoms with Crippen molar-refractivity contribution in [3.63, 3.8) is 0 Å². The van der Waals surface area contributed by atoms with E-state index in [2.05, 4.69) is 20.8 Å². The van der Waals surface area contributed by atoms with Crippen molar-refractivity contribution < 1.29 is 8.78 Å². The second-order valence-electron chi connectivity index (χ2n) is 4.24. The Bertz CT molecular complexity index is 583. The lowest BCUT2D eigenvalue weighted by Gasteiger charge is -2.16. The molecule has 102 valence electrons. The molecule has 0 saturated heterocycles. The van der Waals surface area contributed by atoms with Gasteiger partial charge in [0.1, 0.15) is 11.6 Å². The van der Waals surface area contributed by atoms with Gasteiger partial charge in [-0.15, -0.1) is 10.2 Å². The van der Waals surface area contributed by atoms with Crippen molar-refractivity contribution in [2.24, 2.45) is 12.9 Å². The number of benzene rings is 1. The van der Waals surface area contributed by atoms with E-state index in [1.54, 1.807) is 14.0 Å². The molecule has 1 aromatic carbocycles. The highest BCUT2D eigenvalue weighted by Gasteiger charge is 2.19. The lowest BCUT2D eigenvalue weighted by molar-refractivity contribution is 0.492. The summed E-state index contributed by atoms with van der Waals surface area (Å²) >= 11 is 0. The molecule has 0 amide bonds. The van der Waals surface area contributed by atoms with Crippen LogP contribution in [0.15, 0.2) is 12.1 Å². The molecule has 8 heteroatoms. The number of nitrogens with zero attached hydrogens (tertiary/aromatic N) is 4. The minimum atomic E-state index is -0.657. The highest BCUT2D eigenvalue weighted by Crippen LogP contribution is 2.22. The fourth-order valence-electron chi connectivity index (χ4n) is 1.79. The monoisotopic (exact) mass is 268 g/mol. The van der Waals surface area contributed by atoms with E-state index >= 15 is 0 Å². The first-order chi connectivity index (χ1) is 9.01. The largest absolute Gasteiger partial charge is 0.271 e. The second kappa shape index (κ2) is 5.37. The van der Waals surface area contributed by atoms with Crippen molar-refractivity contribution in [2.45, 2.75) is 19.4 Å². The topological polar surface area (TPSA) is 81.7 Å². The summed E-state index contributed by atoms with van der Waals surface area (Å²) in [6.07, 6.45) is 0.256. The quantitative estimate of drug-likeness (QED) is 0.625. The van der Waals surface area contributed by atoms with Gasteiger partial charge in [-0.1, -0.05) is 0 Å². The van der Waals surface area contributed by atoms with Gasteiger partial charge in [-0.05, 0) is 23.8 Å². The summed E-state index contributed by atoms with van der Waals surface area (Å²) in [7, 11) is 1.63. The summed E-state index contributed by atoms with van der Waals surface area (Å²) in [6.45, 7) is 1.56. The zero-order valence-corrected chi connectivity index (χ0v) is 10.6. The predicted molar refractivity (Wildman–Crippen MR) is 63.7 cm³/mol. The Balaban J connectivity index is 2.29. The summed E-state index contributed by atoms with van der Waals surface area (Å²) < 4.78 is 27.0. The van der Waals surface area contributed by atoms with E-state index < -0.39 is 17.7 Å². The zero-order chi connectivity index (χ0) is 14.0. The molecule has 2 rings (SSSR count). The van der Waals surface area contributed by atoms with Crippen molar-refractivity contribution in [1.82, 2.24) is 25.6 Å². The maximum Gasteiger partial charge on any atom is 0.176 e. The lowest BCUT2D eigenvalue weighted by Crippen LogP contribution is -2.30. The summed E-state index contributed by atoms with van der Waals surface area (Å²) in [4.78, 5) is 1.30. The van der Waals surface area contributed by atoms with E-state index in [1.807, 2.05) is 0 Å². The highest BCUT2D eigenvalue weighted by molar-refractivity contribution is 5.28. The molecule has 0 spiro atoms. The summed E-state index contributed by atoms with van der Waals surface area (Å²) in [6, 6.07) is 1.72. The Labute approximate surface area is 108 Å². The number of hydrogen-bond acceptors (Lipinski definition) is 5. The fraction of sp³-hybridized carbons (Fsp3) is 0.364. The normalized spacial score (nSPS) is 12.7. The van der Waals surface area contributed by atoms with Crippen molar-refractivity contribution in [1.29, 1.82) is 0 Å². The molecule has 0 aliphatic carbocycles. The molecule has 3 N–H and O–H groups in total. The Hall–Kier alpha value is -1.93. The van der Waals surface area contributed by atoms with E-state index in [1.165, 1.54) is 10.9 Å². The first-order valence-electron chi connectivity index (χ1n) is 5.65. The molecule has 1 unspecified atom stereocenters. The summed E-state index contributed by atoms with van der Waals surface area (Å²) in [5.41, 5.74) is 3.11. The zero-order valence-electron chi connectivity index (χ0n) is 10.6. The molecule has 1 aromatic heterocycles. The van der Waals surface area contributed by atoms with Crippen LogP contribution in [0.3, 0.4) is 0 Å². The number of nitrogens with two attached hydrogens (primary N) is 1. The van der Waals surface area contributed by atoms with E-state index in [-0.39, 0.29) is 12.0 Å². The minimum Gasteiger partial charge on any atom is -0.271 e. The van der Waals surface area contributed by atoms with Gasteiger partial charge in [0.2, 0.25) is 0 Å². The average Bonchev–Trinajstić information content (AvgIpc) is 2.77. The van der Waals surface area contributed by atoms with Gasteiger partial charge in [0, 0.05) is 18.1 Å². The minimum absolute atomic E-state index is 0.256. The lowest BCUT2D eigenvalue weighted by atomic mass is 10.0. The van der Waals surface area contributed by atoms with Gasteiger partial charge in [0.05, 0.1) is 13.1 Å². The van der Waals surface area contributed by atoms with Gasteiger partial charge in [-0.25, -0.2) is 8.78 Å². The van der Waals surface area contributed by atoms with Crippen LogP contribution < -0.4 is 11.3 Å². The maximum atomic E-state index is 13.8. The molecule has 0 radical (unpaired) electrons. The predicted octanol–water partition coefficient (Wildman–Crippen LogP) is 0.544. The number of tetrazole rings is 1. The number of hydrogen-bond donors (Lipinski definition) is 2. The Morgan fingerprint density at radius 1 is 1.37 bits per heavy atom. The van der Waals surface area contributed by atoms with E-state index in [4.69, 9.17) is 5.84 Å². The smallest absolute Gasteiger partial charge is 0.176 e. The third kappa shape index (κ3) is 2.91. The van der Waals surface area contributed by atoms with Crippen LogP contribution in [-0.2, 0) is 13.5 Å². The third-order valence-corrected chi connectivity index (χ3v) is 2.79. The standard InChI is InChI=1S/C11H14F2N6/c1-6-3-7(9(13)4-8(6)12)10(15-14)5-11-16-18-19(2)17-11/h3-4,10,15H,5,14H2,1-2H3. The number of halogens is 2. The SMILES string of the molecule is Cc1cc(C(Cc2nnn(C)n2)NN)c(F)cc1F. The molecule has 2 aromatic rings.